The number of nitrogen functional groups attached to an aromatic ring is 2. The molecule has 0 fully saturated rings. The number of aromatic nitrogens is 1. The lowest BCUT2D eigenvalue weighted by Crippen LogP contribution is -2.32. The molecule has 24 heavy (non-hydrogen) atoms. The lowest BCUT2D eigenvalue weighted by molar-refractivity contribution is 0.465. The van der Waals surface area contributed by atoms with Gasteiger partial charge in [-0.25, -0.2) is 9.98 Å². The van der Waals surface area contributed by atoms with Gasteiger partial charge in [0.1, 0.15) is 35.1 Å². The Bertz CT molecular complexity index is 938. The van der Waals surface area contributed by atoms with Crippen molar-refractivity contribution in [2.24, 2.45) is 4.99 Å². The molecular formula is C15H12N8O. The maximum absolute atomic E-state index is 10.2. The van der Waals surface area contributed by atoms with E-state index < -0.39 is 6.04 Å². The van der Waals surface area contributed by atoms with E-state index in [0.717, 1.165) is 0 Å². The summed E-state index contributed by atoms with van der Waals surface area (Å²) in [6, 6.07) is 7.75. The highest BCUT2D eigenvalue weighted by atomic mass is 16.3. The van der Waals surface area contributed by atoms with Crippen molar-refractivity contribution in [2.75, 3.05) is 16.8 Å². The van der Waals surface area contributed by atoms with E-state index in [2.05, 4.69) is 20.6 Å². The molecule has 3 rings (SSSR count). The van der Waals surface area contributed by atoms with Gasteiger partial charge in [-0.05, 0) is 6.07 Å². The number of nitrogens with two attached hydrogens (primary N) is 2. The molecule has 0 spiro atoms. The van der Waals surface area contributed by atoms with Gasteiger partial charge in [0.2, 0.25) is 5.96 Å². The molecule has 0 bridgehead atoms. The topological polar surface area (TPSA) is 169 Å². The standard InChI is InChI=1S/C15H12N8O/c16-5-8-11(18)10-12(7-3-1-2-4-9(7)24)21-15(20-6-17)23-14(10)22-13(8)19/h1-4,12,24H,(H6,18,19,20,21,22,23). The molecule has 7 N–H and O–H groups in total. The number of nitrogens with zero attached hydrogens (tertiary/aromatic N) is 4. The summed E-state index contributed by atoms with van der Waals surface area (Å²) in [5.74, 6) is 0.375. The van der Waals surface area contributed by atoms with Crippen LogP contribution in [0.1, 0.15) is 22.7 Å². The van der Waals surface area contributed by atoms with Gasteiger partial charge in [-0.2, -0.15) is 10.5 Å². The summed E-state index contributed by atoms with van der Waals surface area (Å²) in [6.07, 6.45) is 1.76. The third-order valence-corrected chi connectivity index (χ3v) is 3.59. The van der Waals surface area contributed by atoms with Crippen molar-refractivity contribution in [1.29, 1.82) is 10.5 Å². The second-order valence-electron chi connectivity index (χ2n) is 4.96. The Morgan fingerprint density at radius 1 is 1.25 bits per heavy atom. The average molecular weight is 320 g/mol. The highest BCUT2D eigenvalue weighted by molar-refractivity contribution is 5.98. The van der Waals surface area contributed by atoms with E-state index in [0.29, 0.717) is 11.1 Å². The molecule has 1 aromatic heterocycles. The quantitative estimate of drug-likeness (QED) is 0.379. The lowest BCUT2D eigenvalue weighted by Gasteiger charge is -2.26. The SMILES string of the molecule is N#CNC1=NC(c2ccccc2O)c2c(nc(N)c(C#N)c2N)N1. The van der Waals surface area contributed by atoms with Crippen LogP contribution in [0.25, 0.3) is 0 Å². The van der Waals surface area contributed by atoms with Crippen LogP contribution >= 0.6 is 0 Å². The third kappa shape index (κ3) is 2.26. The molecular weight excluding hydrogens is 308 g/mol. The first-order valence-corrected chi connectivity index (χ1v) is 6.83. The second-order valence-corrected chi connectivity index (χ2v) is 4.96. The number of nitriles is 2. The Balaban J connectivity index is 2.28. The van der Waals surface area contributed by atoms with Crippen molar-refractivity contribution in [3.8, 4) is 18.0 Å². The number of nitrogens with one attached hydrogen (secondary N) is 2. The van der Waals surface area contributed by atoms with Crippen molar-refractivity contribution < 1.29 is 5.11 Å². The summed E-state index contributed by atoms with van der Waals surface area (Å²) in [4.78, 5) is 8.49. The molecule has 118 valence electrons. The van der Waals surface area contributed by atoms with Gasteiger partial charge in [0.15, 0.2) is 6.19 Å². The Labute approximate surface area is 136 Å². The van der Waals surface area contributed by atoms with E-state index in [1.807, 2.05) is 6.07 Å². The molecule has 1 aromatic carbocycles. The molecule has 0 aliphatic carbocycles. The minimum absolute atomic E-state index is 0.00476. The number of anilines is 3. The average Bonchev–Trinajstić information content (AvgIpc) is 2.55. The molecule has 0 radical (unpaired) electrons. The molecule has 1 unspecified atom stereocenters. The van der Waals surface area contributed by atoms with Crippen molar-refractivity contribution in [1.82, 2.24) is 10.3 Å². The van der Waals surface area contributed by atoms with Gasteiger partial charge in [-0.15, -0.1) is 0 Å². The van der Waals surface area contributed by atoms with Gasteiger partial charge in [0.05, 0.1) is 5.69 Å². The van der Waals surface area contributed by atoms with Gasteiger partial charge in [-0.1, -0.05) is 18.2 Å². The molecule has 1 atom stereocenters. The van der Waals surface area contributed by atoms with Gasteiger partial charge in [0, 0.05) is 11.1 Å². The third-order valence-electron chi connectivity index (χ3n) is 3.59. The number of phenolic OH excluding ortho intramolecular Hbond substituents is 1. The Hall–Kier alpha value is -3.98. The minimum Gasteiger partial charge on any atom is -0.508 e. The molecule has 1 aliphatic heterocycles. The Morgan fingerprint density at radius 3 is 2.67 bits per heavy atom. The molecule has 0 amide bonds. The van der Waals surface area contributed by atoms with Gasteiger partial charge in [0.25, 0.3) is 0 Å². The minimum atomic E-state index is -0.751. The summed E-state index contributed by atoms with van der Waals surface area (Å²) in [5, 5.41) is 33.4. The number of hydrogen-bond donors (Lipinski definition) is 5. The van der Waals surface area contributed by atoms with Crippen LogP contribution in [0.2, 0.25) is 0 Å². The zero-order valence-electron chi connectivity index (χ0n) is 12.3. The Morgan fingerprint density at radius 2 is 2.00 bits per heavy atom. The molecule has 0 saturated heterocycles. The smallest absolute Gasteiger partial charge is 0.211 e. The largest absolute Gasteiger partial charge is 0.508 e. The fourth-order valence-corrected chi connectivity index (χ4v) is 2.52. The predicted octanol–water partition coefficient (Wildman–Crippen LogP) is 0.765. The van der Waals surface area contributed by atoms with E-state index >= 15 is 0 Å². The van der Waals surface area contributed by atoms with Crippen molar-refractivity contribution in [2.45, 2.75) is 6.04 Å². The molecule has 9 nitrogen and oxygen atoms in total. The molecule has 1 aliphatic rings. The van der Waals surface area contributed by atoms with Crippen LogP contribution in [0.4, 0.5) is 17.3 Å². The first-order valence-electron chi connectivity index (χ1n) is 6.83. The predicted molar refractivity (Wildman–Crippen MR) is 87.5 cm³/mol. The summed E-state index contributed by atoms with van der Waals surface area (Å²) in [7, 11) is 0. The van der Waals surface area contributed by atoms with E-state index in [1.54, 1.807) is 24.4 Å². The number of aromatic hydroxyl groups is 1. The number of aliphatic imine (C=N–C) groups is 1. The van der Waals surface area contributed by atoms with E-state index in [-0.39, 0.29) is 34.6 Å². The Kier molecular flexibility index (Phi) is 3.53. The van der Waals surface area contributed by atoms with Crippen molar-refractivity contribution in [3.63, 3.8) is 0 Å². The van der Waals surface area contributed by atoms with E-state index in [9.17, 15) is 10.4 Å². The number of hydrogen-bond acceptors (Lipinski definition) is 9. The van der Waals surface area contributed by atoms with E-state index in [1.165, 1.54) is 6.07 Å². The maximum Gasteiger partial charge on any atom is 0.211 e. The first-order chi connectivity index (χ1) is 11.6. The highest BCUT2D eigenvalue weighted by Crippen LogP contribution is 2.42. The zero-order chi connectivity index (χ0) is 17.3. The number of fused-ring (bicyclic) bond motifs is 1. The summed E-state index contributed by atoms with van der Waals surface area (Å²) >= 11 is 0. The number of pyridine rings is 1. The number of para-hydroxylation sites is 1. The normalized spacial score (nSPS) is 15.2. The van der Waals surface area contributed by atoms with Gasteiger partial charge in [-0.3, -0.25) is 5.32 Å². The summed E-state index contributed by atoms with van der Waals surface area (Å²) < 4.78 is 0. The van der Waals surface area contributed by atoms with E-state index in [4.69, 9.17) is 16.7 Å². The fraction of sp³-hybridized carbons (Fsp3) is 0.0667. The molecule has 2 heterocycles. The van der Waals surface area contributed by atoms with Crippen LogP contribution in [-0.2, 0) is 0 Å². The second kappa shape index (κ2) is 5.66. The molecule has 9 heteroatoms. The number of benzene rings is 1. The van der Waals surface area contributed by atoms with Gasteiger partial charge >= 0.3 is 0 Å². The fourth-order valence-electron chi connectivity index (χ4n) is 2.52. The zero-order valence-corrected chi connectivity index (χ0v) is 12.3. The van der Waals surface area contributed by atoms with Crippen LogP contribution < -0.4 is 22.1 Å². The first kappa shape index (κ1) is 14.9. The number of phenols is 1. The summed E-state index contributed by atoms with van der Waals surface area (Å²) in [6.45, 7) is 0. The monoisotopic (exact) mass is 320 g/mol. The lowest BCUT2D eigenvalue weighted by atomic mass is 9.94. The van der Waals surface area contributed by atoms with Crippen LogP contribution in [0.3, 0.4) is 0 Å². The molecule has 2 aromatic rings. The van der Waals surface area contributed by atoms with Gasteiger partial charge < -0.3 is 21.9 Å². The van der Waals surface area contributed by atoms with Crippen LogP contribution in [0.15, 0.2) is 29.3 Å². The van der Waals surface area contributed by atoms with Crippen LogP contribution in [0, 0.1) is 22.8 Å². The maximum atomic E-state index is 10.2. The summed E-state index contributed by atoms with van der Waals surface area (Å²) in [5.41, 5.74) is 12.9. The highest BCUT2D eigenvalue weighted by Gasteiger charge is 2.30. The van der Waals surface area contributed by atoms with Crippen LogP contribution in [-0.4, -0.2) is 16.1 Å². The number of guanidine groups is 1. The molecule has 0 saturated carbocycles. The van der Waals surface area contributed by atoms with Crippen molar-refractivity contribution >= 4 is 23.3 Å². The number of rotatable bonds is 1. The van der Waals surface area contributed by atoms with Crippen LogP contribution in [0.5, 0.6) is 5.75 Å². The van der Waals surface area contributed by atoms with Crippen molar-refractivity contribution in [3.05, 3.63) is 41.0 Å².